The van der Waals surface area contributed by atoms with Crippen LogP contribution in [0.4, 0.5) is 0 Å². The third-order valence-corrected chi connectivity index (χ3v) is 3.71. The van der Waals surface area contributed by atoms with E-state index in [1.165, 1.54) is 30.4 Å². The second-order valence-corrected chi connectivity index (χ2v) is 5.46. The lowest BCUT2D eigenvalue weighted by Crippen LogP contribution is -2.28. The SMILES string of the molecule is CCCNC(c1cccc(C)c1)C1(C)CC1. The summed E-state index contributed by atoms with van der Waals surface area (Å²) in [4.78, 5) is 0. The molecule has 0 spiro atoms. The first-order valence-corrected chi connectivity index (χ1v) is 6.46. The molecule has 2 rings (SSSR count). The minimum atomic E-state index is 0.503. The molecule has 0 saturated heterocycles. The lowest BCUT2D eigenvalue weighted by Gasteiger charge is -2.25. The number of rotatable bonds is 5. The van der Waals surface area contributed by atoms with Gasteiger partial charge in [-0.25, -0.2) is 0 Å². The zero-order valence-corrected chi connectivity index (χ0v) is 10.7. The molecule has 0 heterocycles. The Kier molecular flexibility index (Phi) is 3.34. The Bertz CT molecular complexity index is 352. The third-order valence-electron chi connectivity index (χ3n) is 3.71. The van der Waals surface area contributed by atoms with Crippen molar-refractivity contribution in [3.63, 3.8) is 0 Å². The first-order valence-electron chi connectivity index (χ1n) is 6.46. The van der Waals surface area contributed by atoms with Crippen LogP contribution in [-0.2, 0) is 0 Å². The van der Waals surface area contributed by atoms with E-state index in [0.29, 0.717) is 11.5 Å². The molecule has 1 unspecified atom stereocenters. The van der Waals surface area contributed by atoms with Crippen LogP contribution < -0.4 is 5.32 Å². The minimum Gasteiger partial charge on any atom is -0.309 e. The Labute approximate surface area is 99.3 Å². The molecule has 1 saturated carbocycles. The van der Waals surface area contributed by atoms with Crippen LogP contribution in [0.2, 0.25) is 0 Å². The molecule has 1 heteroatoms. The Morgan fingerprint density at radius 2 is 2.12 bits per heavy atom. The van der Waals surface area contributed by atoms with Crippen LogP contribution in [0, 0.1) is 12.3 Å². The van der Waals surface area contributed by atoms with E-state index in [0.717, 1.165) is 6.54 Å². The zero-order valence-electron chi connectivity index (χ0n) is 10.7. The maximum absolute atomic E-state index is 3.72. The third kappa shape index (κ3) is 2.46. The van der Waals surface area contributed by atoms with Crippen LogP contribution in [0.3, 0.4) is 0 Å². The molecule has 88 valence electrons. The largest absolute Gasteiger partial charge is 0.309 e. The van der Waals surface area contributed by atoms with Crippen molar-refractivity contribution in [2.75, 3.05) is 6.54 Å². The van der Waals surface area contributed by atoms with Crippen molar-refractivity contribution in [1.82, 2.24) is 5.32 Å². The fraction of sp³-hybridized carbons (Fsp3) is 0.600. The van der Waals surface area contributed by atoms with Gasteiger partial charge >= 0.3 is 0 Å². The van der Waals surface area contributed by atoms with Gasteiger partial charge < -0.3 is 5.32 Å². The van der Waals surface area contributed by atoms with E-state index in [1.54, 1.807) is 0 Å². The molecule has 16 heavy (non-hydrogen) atoms. The van der Waals surface area contributed by atoms with Gasteiger partial charge in [0.2, 0.25) is 0 Å². The number of nitrogens with one attached hydrogen (secondary N) is 1. The van der Waals surface area contributed by atoms with Gasteiger partial charge in [-0.05, 0) is 43.7 Å². The summed E-state index contributed by atoms with van der Waals surface area (Å²) >= 11 is 0. The van der Waals surface area contributed by atoms with Gasteiger partial charge in [-0.2, -0.15) is 0 Å². The zero-order chi connectivity index (χ0) is 11.6. The van der Waals surface area contributed by atoms with E-state index in [-0.39, 0.29) is 0 Å². The molecule has 0 amide bonds. The molecule has 0 radical (unpaired) electrons. The lowest BCUT2D eigenvalue weighted by molar-refractivity contribution is 0.366. The van der Waals surface area contributed by atoms with Crippen molar-refractivity contribution in [1.29, 1.82) is 0 Å². The van der Waals surface area contributed by atoms with Crippen LogP contribution in [-0.4, -0.2) is 6.54 Å². The van der Waals surface area contributed by atoms with E-state index < -0.39 is 0 Å². The second kappa shape index (κ2) is 4.58. The molecule has 1 atom stereocenters. The van der Waals surface area contributed by atoms with Crippen molar-refractivity contribution in [2.24, 2.45) is 5.41 Å². The summed E-state index contributed by atoms with van der Waals surface area (Å²) in [6.45, 7) is 7.93. The monoisotopic (exact) mass is 217 g/mol. The maximum atomic E-state index is 3.72. The minimum absolute atomic E-state index is 0.503. The van der Waals surface area contributed by atoms with Crippen LogP contribution in [0.25, 0.3) is 0 Å². The Hall–Kier alpha value is -0.820. The Morgan fingerprint density at radius 1 is 1.38 bits per heavy atom. The number of hydrogen-bond acceptors (Lipinski definition) is 1. The molecule has 1 aliphatic rings. The molecule has 0 aromatic heterocycles. The first kappa shape index (κ1) is 11.7. The standard InChI is InChI=1S/C15H23N/c1-4-10-16-14(15(3)8-9-15)13-7-5-6-12(2)11-13/h5-7,11,14,16H,4,8-10H2,1-3H3. The fourth-order valence-electron chi connectivity index (χ4n) is 2.39. The van der Waals surface area contributed by atoms with E-state index in [9.17, 15) is 0 Å². The van der Waals surface area contributed by atoms with Crippen molar-refractivity contribution in [3.8, 4) is 0 Å². The van der Waals surface area contributed by atoms with E-state index in [4.69, 9.17) is 0 Å². The summed E-state index contributed by atoms with van der Waals surface area (Å²) in [5.74, 6) is 0. The second-order valence-electron chi connectivity index (χ2n) is 5.46. The van der Waals surface area contributed by atoms with Gasteiger partial charge in [0.15, 0.2) is 0 Å². The summed E-state index contributed by atoms with van der Waals surface area (Å²) < 4.78 is 0. The highest BCUT2D eigenvalue weighted by Gasteiger charge is 2.45. The summed E-state index contributed by atoms with van der Waals surface area (Å²) in [6.07, 6.45) is 3.93. The number of hydrogen-bond donors (Lipinski definition) is 1. The molecule has 0 bridgehead atoms. The maximum Gasteiger partial charge on any atom is 0.0374 e. The van der Waals surface area contributed by atoms with Crippen molar-refractivity contribution in [3.05, 3.63) is 35.4 Å². The van der Waals surface area contributed by atoms with Gasteiger partial charge in [-0.3, -0.25) is 0 Å². The Balaban J connectivity index is 2.18. The van der Waals surface area contributed by atoms with Crippen molar-refractivity contribution < 1.29 is 0 Å². The number of aryl methyl sites for hydroxylation is 1. The van der Waals surface area contributed by atoms with Gasteiger partial charge in [-0.15, -0.1) is 0 Å². The summed E-state index contributed by atoms with van der Waals surface area (Å²) in [5.41, 5.74) is 3.33. The highest BCUT2D eigenvalue weighted by atomic mass is 14.9. The van der Waals surface area contributed by atoms with Gasteiger partial charge in [0.25, 0.3) is 0 Å². The highest BCUT2D eigenvalue weighted by Crippen LogP contribution is 2.54. The van der Waals surface area contributed by atoms with E-state index >= 15 is 0 Å². The highest BCUT2D eigenvalue weighted by molar-refractivity contribution is 5.28. The van der Waals surface area contributed by atoms with Gasteiger partial charge in [0.05, 0.1) is 0 Å². The number of benzene rings is 1. The van der Waals surface area contributed by atoms with Crippen molar-refractivity contribution in [2.45, 2.75) is 46.1 Å². The fourth-order valence-corrected chi connectivity index (χ4v) is 2.39. The van der Waals surface area contributed by atoms with Gasteiger partial charge in [0.1, 0.15) is 0 Å². The summed E-state index contributed by atoms with van der Waals surface area (Å²) in [7, 11) is 0. The molecule has 0 aliphatic heterocycles. The summed E-state index contributed by atoms with van der Waals surface area (Å²) in [5, 5.41) is 3.72. The predicted octanol–water partition coefficient (Wildman–Crippen LogP) is 3.84. The average molecular weight is 217 g/mol. The molecule has 1 nitrogen and oxygen atoms in total. The quantitative estimate of drug-likeness (QED) is 0.790. The molecule has 1 N–H and O–H groups in total. The van der Waals surface area contributed by atoms with Crippen LogP contribution in [0.15, 0.2) is 24.3 Å². The average Bonchev–Trinajstić information content (AvgIpc) is 2.98. The molecular weight excluding hydrogens is 194 g/mol. The summed E-state index contributed by atoms with van der Waals surface area (Å²) in [6, 6.07) is 9.50. The van der Waals surface area contributed by atoms with E-state index in [1.807, 2.05) is 0 Å². The molecule has 1 aromatic carbocycles. The predicted molar refractivity (Wildman–Crippen MR) is 69.6 cm³/mol. The first-order chi connectivity index (χ1) is 7.65. The van der Waals surface area contributed by atoms with Crippen LogP contribution in [0.1, 0.15) is 50.3 Å². The van der Waals surface area contributed by atoms with E-state index in [2.05, 4.69) is 50.4 Å². The molecule has 1 aromatic rings. The van der Waals surface area contributed by atoms with Gasteiger partial charge in [-0.1, -0.05) is 43.7 Å². The topological polar surface area (TPSA) is 12.0 Å². The van der Waals surface area contributed by atoms with Gasteiger partial charge in [0, 0.05) is 6.04 Å². The lowest BCUT2D eigenvalue weighted by atomic mass is 9.91. The van der Waals surface area contributed by atoms with Crippen LogP contribution in [0.5, 0.6) is 0 Å². The smallest absolute Gasteiger partial charge is 0.0374 e. The molecule has 1 aliphatic carbocycles. The normalized spacial score (nSPS) is 19.4. The molecular formula is C15H23N. The van der Waals surface area contributed by atoms with Crippen molar-refractivity contribution >= 4 is 0 Å². The molecule has 1 fully saturated rings. The Morgan fingerprint density at radius 3 is 2.69 bits per heavy atom. The van der Waals surface area contributed by atoms with Crippen LogP contribution >= 0.6 is 0 Å².